The molecule has 1 aromatic carbocycles. The fourth-order valence-electron chi connectivity index (χ4n) is 2.46. The van der Waals surface area contributed by atoms with Crippen LogP contribution in [0.3, 0.4) is 0 Å². The van der Waals surface area contributed by atoms with E-state index < -0.39 is 6.10 Å². The number of benzene rings is 1. The molecule has 20 heavy (non-hydrogen) atoms. The minimum atomic E-state index is -0.630. The minimum Gasteiger partial charge on any atom is -0.390 e. The van der Waals surface area contributed by atoms with Crippen LogP contribution in [0.15, 0.2) is 22.7 Å². The molecule has 0 aromatic heterocycles. The molecule has 0 spiro atoms. The van der Waals surface area contributed by atoms with Crippen molar-refractivity contribution >= 4 is 15.9 Å². The maximum Gasteiger partial charge on any atom is 0.137 e. The van der Waals surface area contributed by atoms with E-state index in [1.165, 1.54) is 6.07 Å². The van der Waals surface area contributed by atoms with Crippen LogP contribution in [0, 0.1) is 5.82 Å². The molecular weight excluding hydrogens is 325 g/mol. The normalized spacial score (nSPS) is 22.2. The molecule has 1 N–H and O–H groups in total. The third-order valence-electron chi connectivity index (χ3n) is 3.74. The molecule has 2 atom stereocenters. The predicted octanol–water partition coefficient (Wildman–Crippen LogP) is 2.60. The summed E-state index contributed by atoms with van der Waals surface area (Å²) in [5, 5.41) is 10.3. The number of morpholine rings is 1. The van der Waals surface area contributed by atoms with Crippen LogP contribution in [-0.2, 0) is 11.2 Å². The first-order valence-electron chi connectivity index (χ1n) is 6.95. The van der Waals surface area contributed by atoms with Crippen molar-refractivity contribution < 1.29 is 14.2 Å². The molecule has 3 nitrogen and oxygen atoms in total. The van der Waals surface area contributed by atoms with Gasteiger partial charge in [0.2, 0.25) is 0 Å². The smallest absolute Gasteiger partial charge is 0.137 e. The van der Waals surface area contributed by atoms with Crippen molar-refractivity contribution in [1.29, 1.82) is 0 Å². The summed E-state index contributed by atoms with van der Waals surface area (Å²) in [6.07, 6.45) is -0.467. The quantitative estimate of drug-likeness (QED) is 0.910. The highest BCUT2D eigenvalue weighted by Crippen LogP contribution is 2.23. The molecule has 1 aromatic rings. The number of nitrogens with zero attached hydrogens (tertiary/aromatic N) is 1. The predicted molar refractivity (Wildman–Crippen MR) is 80.3 cm³/mol. The van der Waals surface area contributed by atoms with Gasteiger partial charge in [0.05, 0.1) is 23.3 Å². The van der Waals surface area contributed by atoms with Crippen LogP contribution in [0.4, 0.5) is 4.39 Å². The Kier molecular flexibility index (Phi) is 5.55. The zero-order valence-electron chi connectivity index (χ0n) is 11.9. The van der Waals surface area contributed by atoms with Crippen molar-refractivity contribution in [2.45, 2.75) is 38.5 Å². The highest BCUT2D eigenvalue weighted by atomic mass is 79.9. The molecule has 1 aliphatic heterocycles. The third kappa shape index (κ3) is 3.79. The van der Waals surface area contributed by atoms with Crippen LogP contribution in [-0.4, -0.2) is 48.0 Å². The van der Waals surface area contributed by atoms with Crippen LogP contribution in [0.2, 0.25) is 0 Å². The first-order chi connectivity index (χ1) is 9.49. The summed E-state index contributed by atoms with van der Waals surface area (Å²) in [7, 11) is 0. The van der Waals surface area contributed by atoms with E-state index in [1.54, 1.807) is 6.07 Å². The van der Waals surface area contributed by atoms with Crippen molar-refractivity contribution in [2.75, 3.05) is 19.7 Å². The van der Waals surface area contributed by atoms with E-state index in [2.05, 4.69) is 34.7 Å². The molecule has 0 bridgehead atoms. The van der Waals surface area contributed by atoms with Crippen LogP contribution in [0.25, 0.3) is 0 Å². The lowest BCUT2D eigenvalue weighted by Crippen LogP contribution is -2.50. The van der Waals surface area contributed by atoms with Crippen LogP contribution >= 0.6 is 15.9 Å². The highest BCUT2D eigenvalue weighted by Gasteiger charge is 2.28. The van der Waals surface area contributed by atoms with E-state index in [1.807, 2.05) is 6.07 Å². The summed E-state index contributed by atoms with van der Waals surface area (Å²) in [5.74, 6) is -0.303. The van der Waals surface area contributed by atoms with E-state index in [9.17, 15) is 9.50 Å². The summed E-state index contributed by atoms with van der Waals surface area (Å²) >= 11 is 3.23. The zero-order valence-corrected chi connectivity index (χ0v) is 13.4. The molecule has 2 unspecified atom stereocenters. The fraction of sp³-hybridized carbons (Fsp3) is 0.600. The molecule has 2 rings (SSSR count). The Morgan fingerprint density at radius 3 is 2.95 bits per heavy atom. The second kappa shape index (κ2) is 6.98. The SMILES string of the molecule is CC(C)N1CCOC(C(O)Cc2cccc(F)c2Br)C1. The lowest BCUT2D eigenvalue weighted by molar-refractivity contribution is -0.0941. The van der Waals surface area contributed by atoms with Gasteiger partial charge in [-0.25, -0.2) is 4.39 Å². The van der Waals surface area contributed by atoms with Crippen molar-refractivity contribution in [3.63, 3.8) is 0 Å². The molecule has 1 aliphatic rings. The summed E-state index contributed by atoms with van der Waals surface area (Å²) in [5.41, 5.74) is 0.766. The zero-order chi connectivity index (χ0) is 14.7. The lowest BCUT2D eigenvalue weighted by atomic mass is 10.0. The lowest BCUT2D eigenvalue weighted by Gasteiger charge is -2.37. The Balaban J connectivity index is 2.00. The number of aliphatic hydroxyl groups is 1. The van der Waals surface area contributed by atoms with Gasteiger partial charge in [-0.05, 0) is 41.4 Å². The molecule has 5 heteroatoms. The van der Waals surface area contributed by atoms with Crippen molar-refractivity contribution in [1.82, 2.24) is 4.90 Å². The van der Waals surface area contributed by atoms with Crippen LogP contribution in [0.1, 0.15) is 19.4 Å². The van der Waals surface area contributed by atoms with Gasteiger partial charge < -0.3 is 9.84 Å². The van der Waals surface area contributed by atoms with Crippen molar-refractivity contribution in [3.8, 4) is 0 Å². The van der Waals surface area contributed by atoms with Gasteiger partial charge in [0.15, 0.2) is 0 Å². The first-order valence-corrected chi connectivity index (χ1v) is 7.75. The van der Waals surface area contributed by atoms with E-state index in [0.717, 1.165) is 12.1 Å². The maximum atomic E-state index is 13.5. The minimum absolute atomic E-state index is 0.221. The van der Waals surface area contributed by atoms with Gasteiger partial charge in [0.25, 0.3) is 0 Å². The summed E-state index contributed by atoms with van der Waals surface area (Å²) in [4.78, 5) is 2.29. The van der Waals surface area contributed by atoms with E-state index in [-0.39, 0.29) is 11.9 Å². The second-order valence-corrected chi connectivity index (χ2v) is 6.28. The maximum absolute atomic E-state index is 13.5. The summed E-state index contributed by atoms with van der Waals surface area (Å²) < 4.78 is 19.6. The van der Waals surface area contributed by atoms with Gasteiger partial charge in [-0.1, -0.05) is 12.1 Å². The number of halogens is 2. The van der Waals surface area contributed by atoms with Gasteiger partial charge in [-0.15, -0.1) is 0 Å². The van der Waals surface area contributed by atoms with E-state index in [0.29, 0.717) is 30.1 Å². The van der Waals surface area contributed by atoms with Crippen molar-refractivity contribution in [3.05, 3.63) is 34.1 Å². The Labute approximate surface area is 127 Å². The van der Waals surface area contributed by atoms with Crippen LogP contribution < -0.4 is 0 Å². The number of rotatable bonds is 4. The number of hydrogen-bond acceptors (Lipinski definition) is 3. The van der Waals surface area contributed by atoms with E-state index >= 15 is 0 Å². The topological polar surface area (TPSA) is 32.7 Å². The standard InChI is InChI=1S/C15H21BrFNO2/c1-10(2)18-6-7-20-14(9-18)13(19)8-11-4-3-5-12(17)15(11)16/h3-5,10,13-14,19H,6-9H2,1-2H3. The summed E-state index contributed by atoms with van der Waals surface area (Å²) in [6, 6.07) is 5.32. The molecule has 0 amide bonds. The number of hydrogen-bond donors (Lipinski definition) is 1. The fourth-order valence-corrected chi connectivity index (χ4v) is 2.89. The van der Waals surface area contributed by atoms with Gasteiger partial charge in [0.1, 0.15) is 5.82 Å². The van der Waals surface area contributed by atoms with Gasteiger partial charge in [-0.2, -0.15) is 0 Å². The summed E-state index contributed by atoms with van der Waals surface area (Å²) in [6.45, 7) is 6.51. The van der Waals surface area contributed by atoms with E-state index in [4.69, 9.17) is 4.74 Å². The first kappa shape index (κ1) is 15.9. The molecule has 0 aliphatic carbocycles. The Morgan fingerprint density at radius 1 is 1.50 bits per heavy atom. The number of aliphatic hydroxyl groups excluding tert-OH is 1. The second-order valence-electron chi connectivity index (χ2n) is 5.48. The molecule has 1 saturated heterocycles. The van der Waals surface area contributed by atoms with Gasteiger partial charge in [0, 0.05) is 25.6 Å². The highest BCUT2D eigenvalue weighted by molar-refractivity contribution is 9.10. The molecule has 1 heterocycles. The monoisotopic (exact) mass is 345 g/mol. The molecular formula is C15H21BrFNO2. The Morgan fingerprint density at radius 2 is 2.25 bits per heavy atom. The Hall–Kier alpha value is -0.490. The molecule has 112 valence electrons. The van der Waals surface area contributed by atoms with Crippen molar-refractivity contribution in [2.24, 2.45) is 0 Å². The largest absolute Gasteiger partial charge is 0.390 e. The molecule has 0 saturated carbocycles. The molecule has 1 fully saturated rings. The number of ether oxygens (including phenoxy) is 1. The average molecular weight is 346 g/mol. The van der Waals surface area contributed by atoms with Gasteiger partial charge >= 0.3 is 0 Å². The van der Waals surface area contributed by atoms with Gasteiger partial charge in [-0.3, -0.25) is 4.90 Å². The Bertz CT molecular complexity index is 455. The molecule has 0 radical (unpaired) electrons. The van der Waals surface area contributed by atoms with Crippen LogP contribution in [0.5, 0.6) is 0 Å². The third-order valence-corrected chi connectivity index (χ3v) is 4.63. The average Bonchev–Trinajstić information content (AvgIpc) is 2.44.